The van der Waals surface area contributed by atoms with Gasteiger partial charge in [0.2, 0.25) is 0 Å². The molecule has 0 fully saturated rings. The van der Waals surface area contributed by atoms with Crippen LogP contribution in [0.5, 0.6) is 0 Å². The van der Waals surface area contributed by atoms with Crippen LogP contribution in [0.2, 0.25) is 0 Å². The molecule has 0 saturated heterocycles. The van der Waals surface area contributed by atoms with Crippen molar-refractivity contribution in [3.63, 3.8) is 0 Å². The van der Waals surface area contributed by atoms with Gasteiger partial charge in [0, 0.05) is 26.2 Å². The minimum absolute atomic E-state index is 0.624. The molecule has 0 aliphatic heterocycles. The van der Waals surface area contributed by atoms with Gasteiger partial charge in [-0.05, 0) is 27.2 Å². The zero-order valence-electron chi connectivity index (χ0n) is 22.0. The normalized spacial score (nSPS) is 12.0. The Morgan fingerprint density at radius 2 is 0.613 bits per heavy atom. The molecule has 3 nitrogen and oxygen atoms in total. The Kier molecular flexibility index (Phi) is 24.4. The van der Waals surface area contributed by atoms with Gasteiger partial charge in [0.25, 0.3) is 5.97 Å². The molecule has 0 aromatic rings. The van der Waals surface area contributed by atoms with Crippen LogP contribution < -0.4 is 0 Å². The fourth-order valence-electron chi connectivity index (χ4n) is 4.42. The molecule has 0 aromatic heterocycles. The van der Waals surface area contributed by atoms with E-state index in [2.05, 4.69) is 6.92 Å². The number of ether oxygens (including phenoxy) is 3. The first-order chi connectivity index (χ1) is 15.2. The third kappa shape index (κ3) is 20.2. The Labute approximate surface area is 196 Å². The van der Waals surface area contributed by atoms with Gasteiger partial charge >= 0.3 is 0 Å². The van der Waals surface area contributed by atoms with Gasteiger partial charge in [-0.15, -0.1) is 0 Å². The van der Waals surface area contributed by atoms with Crippen LogP contribution in [-0.2, 0) is 14.2 Å². The molecule has 31 heavy (non-hydrogen) atoms. The SMILES string of the molecule is CCCCCCCCCCCCCCCCCCCCCC(OCC)(OCC)OCC. The molecule has 0 aliphatic rings. The molecular formula is C28H58O3. The number of unbranched alkanes of at least 4 members (excludes halogenated alkanes) is 18. The molecule has 0 N–H and O–H groups in total. The van der Waals surface area contributed by atoms with E-state index in [0.29, 0.717) is 19.8 Å². The molecule has 0 heterocycles. The molecule has 0 spiro atoms. The third-order valence-corrected chi connectivity index (χ3v) is 6.18. The summed E-state index contributed by atoms with van der Waals surface area (Å²) in [5.41, 5.74) is 0. The van der Waals surface area contributed by atoms with Gasteiger partial charge in [0.1, 0.15) is 0 Å². The van der Waals surface area contributed by atoms with Gasteiger partial charge in [-0.3, -0.25) is 0 Å². The number of hydrogen-bond donors (Lipinski definition) is 0. The largest absolute Gasteiger partial charge is 0.328 e. The number of hydrogen-bond acceptors (Lipinski definition) is 3. The highest BCUT2D eigenvalue weighted by Crippen LogP contribution is 2.24. The van der Waals surface area contributed by atoms with E-state index in [4.69, 9.17) is 14.2 Å². The minimum Gasteiger partial charge on any atom is -0.328 e. The molecule has 3 heteroatoms. The summed E-state index contributed by atoms with van der Waals surface area (Å²) >= 11 is 0. The molecule has 0 radical (unpaired) electrons. The van der Waals surface area contributed by atoms with Crippen LogP contribution in [0.25, 0.3) is 0 Å². The topological polar surface area (TPSA) is 27.7 Å². The zero-order valence-corrected chi connectivity index (χ0v) is 22.0. The molecule has 0 bridgehead atoms. The summed E-state index contributed by atoms with van der Waals surface area (Å²) in [6, 6.07) is 0. The monoisotopic (exact) mass is 442 g/mol. The fourth-order valence-corrected chi connectivity index (χ4v) is 4.42. The van der Waals surface area contributed by atoms with Crippen molar-refractivity contribution in [2.45, 2.75) is 162 Å². The highest BCUT2D eigenvalue weighted by atomic mass is 16.9. The Bertz CT molecular complexity index is 315. The van der Waals surface area contributed by atoms with E-state index in [1.54, 1.807) is 0 Å². The lowest BCUT2D eigenvalue weighted by molar-refractivity contribution is -0.380. The highest BCUT2D eigenvalue weighted by molar-refractivity contribution is 4.59. The predicted octanol–water partition coefficient (Wildman–Crippen LogP) is 9.57. The van der Waals surface area contributed by atoms with Crippen molar-refractivity contribution in [2.75, 3.05) is 19.8 Å². The standard InChI is InChI=1S/C28H58O3/c1-5-9-10-11-12-13-14-15-16-17-18-19-20-21-22-23-24-25-26-27-28(29-6-2,30-7-3)31-8-4/h5-27H2,1-4H3. The maximum atomic E-state index is 5.80. The van der Waals surface area contributed by atoms with E-state index < -0.39 is 5.97 Å². The first kappa shape index (κ1) is 30.9. The second kappa shape index (κ2) is 24.5. The molecule has 0 aliphatic carbocycles. The van der Waals surface area contributed by atoms with Gasteiger partial charge in [-0.25, -0.2) is 0 Å². The summed E-state index contributed by atoms with van der Waals surface area (Å²) in [5, 5.41) is 0. The average Bonchev–Trinajstić information content (AvgIpc) is 2.76. The van der Waals surface area contributed by atoms with E-state index >= 15 is 0 Å². The van der Waals surface area contributed by atoms with Gasteiger partial charge in [-0.2, -0.15) is 0 Å². The lowest BCUT2D eigenvalue weighted by Gasteiger charge is -2.32. The number of rotatable bonds is 26. The van der Waals surface area contributed by atoms with Crippen molar-refractivity contribution >= 4 is 0 Å². The molecule has 0 rings (SSSR count). The summed E-state index contributed by atoms with van der Waals surface area (Å²) in [5.74, 6) is -0.813. The van der Waals surface area contributed by atoms with Crippen molar-refractivity contribution < 1.29 is 14.2 Å². The van der Waals surface area contributed by atoms with E-state index in [0.717, 1.165) is 12.8 Å². The minimum atomic E-state index is -0.813. The van der Waals surface area contributed by atoms with Crippen molar-refractivity contribution in [3.8, 4) is 0 Å². The van der Waals surface area contributed by atoms with Crippen LogP contribution in [-0.4, -0.2) is 25.8 Å². The Balaban J connectivity index is 3.39. The van der Waals surface area contributed by atoms with Crippen molar-refractivity contribution in [1.82, 2.24) is 0 Å². The smallest absolute Gasteiger partial charge is 0.282 e. The van der Waals surface area contributed by atoms with E-state index in [9.17, 15) is 0 Å². The lowest BCUT2D eigenvalue weighted by atomic mass is 10.0. The third-order valence-electron chi connectivity index (χ3n) is 6.18. The molecule has 0 unspecified atom stereocenters. The van der Waals surface area contributed by atoms with Crippen LogP contribution in [0.4, 0.5) is 0 Å². The maximum Gasteiger partial charge on any atom is 0.282 e. The Morgan fingerprint density at radius 1 is 0.355 bits per heavy atom. The summed E-state index contributed by atoms with van der Waals surface area (Å²) in [6.45, 7) is 10.2. The zero-order chi connectivity index (χ0) is 22.9. The van der Waals surface area contributed by atoms with Crippen molar-refractivity contribution in [3.05, 3.63) is 0 Å². The second-order valence-electron chi connectivity index (χ2n) is 9.10. The molecule has 0 saturated carbocycles. The van der Waals surface area contributed by atoms with Gasteiger partial charge in [0.05, 0.1) is 0 Å². The van der Waals surface area contributed by atoms with Crippen LogP contribution in [0.15, 0.2) is 0 Å². The summed E-state index contributed by atoms with van der Waals surface area (Å²) in [7, 11) is 0. The van der Waals surface area contributed by atoms with Crippen LogP contribution in [0, 0.1) is 0 Å². The molecule has 0 amide bonds. The molecule has 0 aromatic carbocycles. The lowest BCUT2D eigenvalue weighted by Crippen LogP contribution is -2.39. The average molecular weight is 443 g/mol. The predicted molar refractivity (Wildman–Crippen MR) is 136 cm³/mol. The first-order valence-electron chi connectivity index (χ1n) is 14.2. The van der Waals surface area contributed by atoms with E-state index in [1.807, 2.05) is 20.8 Å². The highest BCUT2D eigenvalue weighted by Gasteiger charge is 2.31. The van der Waals surface area contributed by atoms with Crippen molar-refractivity contribution in [1.29, 1.82) is 0 Å². The first-order valence-corrected chi connectivity index (χ1v) is 14.2. The quantitative estimate of drug-likeness (QED) is 0.0985. The van der Waals surface area contributed by atoms with Crippen LogP contribution in [0.3, 0.4) is 0 Å². The van der Waals surface area contributed by atoms with E-state index in [1.165, 1.54) is 116 Å². The summed E-state index contributed by atoms with van der Waals surface area (Å²) in [6.07, 6.45) is 27.5. The van der Waals surface area contributed by atoms with Gasteiger partial charge < -0.3 is 14.2 Å². The van der Waals surface area contributed by atoms with Gasteiger partial charge in [0.15, 0.2) is 0 Å². The van der Waals surface area contributed by atoms with Crippen LogP contribution >= 0.6 is 0 Å². The Morgan fingerprint density at radius 3 is 0.871 bits per heavy atom. The summed E-state index contributed by atoms with van der Waals surface area (Å²) < 4.78 is 17.4. The molecule has 188 valence electrons. The summed E-state index contributed by atoms with van der Waals surface area (Å²) in [4.78, 5) is 0. The second-order valence-corrected chi connectivity index (χ2v) is 9.10. The molecular weight excluding hydrogens is 384 g/mol. The molecule has 0 atom stereocenters. The maximum absolute atomic E-state index is 5.80. The van der Waals surface area contributed by atoms with Crippen molar-refractivity contribution in [2.24, 2.45) is 0 Å². The van der Waals surface area contributed by atoms with E-state index in [-0.39, 0.29) is 0 Å². The van der Waals surface area contributed by atoms with Crippen LogP contribution in [0.1, 0.15) is 156 Å². The Hall–Kier alpha value is -0.120. The van der Waals surface area contributed by atoms with Gasteiger partial charge in [-0.1, -0.05) is 122 Å². The fraction of sp³-hybridized carbons (Fsp3) is 1.00.